The maximum absolute atomic E-state index is 10.5. The van der Waals surface area contributed by atoms with Gasteiger partial charge in [0, 0.05) is 0 Å². The van der Waals surface area contributed by atoms with E-state index in [-0.39, 0.29) is 18.3 Å². The molecular weight excluding hydrogens is 190 g/mol. The SMILES string of the molecule is O=C(O)c1cn([C@H]2COC[C@@H]2O)nn1. The normalized spacial score (nSPS) is 26.6. The Labute approximate surface area is 78.9 Å². The summed E-state index contributed by atoms with van der Waals surface area (Å²) < 4.78 is 6.33. The van der Waals surface area contributed by atoms with Crippen molar-refractivity contribution in [3.8, 4) is 0 Å². The van der Waals surface area contributed by atoms with E-state index < -0.39 is 12.1 Å². The molecule has 0 bridgehead atoms. The van der Waals surface area contributed by atoms with Crippen LogP contribution < -0.4 is 0 Å². The molecule has 0 aliphatic carbocycles. The molecule has 7 nitrogen and oxygen atoms in total. The second-order valence-electron chi connectivity index (χ2n) is 3.06. The van der Waals surface area contributed by atoms with Gasteiger partial charge in [-0.25, -0.2) is 9.48 Å². The molecule has 0 saturated carbocycles. The number of rotatable bonds is 2. The topological polar surface area (TPSA) is 97.5 Å². The quantitative estimate of drug-likeness (QED) is 0.628. The highest BCUT2D eigenvalue weighted by molar-refractivity contribution is 5.84. The molecule has 2 N–H and O–H groups in total. The van der Waals surface area contributed by atoms with Gasteiger partial charge in [-0.3, -0.25) is 0 Å². The number of aromatic carboxylic acids is 1. The Balaban J connectivity index is 2.20. The van der Waals surface area contributed by atoms with Crippen LogP contribution in [0.5, 0.6) is 0 Å². The van der Waals surface area contributed by atoms with E-state index in [0.29, 0.717) is 6.61 Å². The van der Waals surface area contributed by atoms with E-state index in [2.05, 4.69) is 10.3 Å². The Morgan fingerprint density at radius 1 is 1.64 bits per heavy atom. The molecule has 0 aromatic carbocycles. The number of aliphatic hydroxyl groups excluding tert-OH is 1. The Hall–Kier alpha value is -1.47. The summed E-state index contributed by atoms with van der Waals surface area (Å²) in [5, 5.41) is 25.1. The van der Waals surface area contributed by atoms with Gasteiger partial charge < -0.3 is 14.9 Å². The summed E-state index contributed by atoms with van der Waals surface area (Å²) in [7, 11) is 0. The van der Waals surface area contributed by atoms with Crippen LogP contribution in [0.1, 0.15) is 16.5 Å². The zero-order valence-corrected chi connectivity index (χ0v) is 7.20. The highest BCUT2D eigenvalue weighted by Crippen LogP contribution is 2.18. The molecule has 7 heteroatoms. The summed E-state index contributed by atoms with van der Waals surface area (Å²) >= 11 is 0. The standard InChI is InChI=1S/C7H9N3O4/c11-6-3-14-2-5(6)10-1-4(7(12)13)8-9-10/h1,5-6,11H,2-3H2,(H,12,13)/t5-,6-/m0/s1. The number of ether oxygens (including phenoxy) is 1. The maximum Gasteiger partial charge on any atom is 0.358 e. The molecule has 0 radical (unpaired) electrons. The lowest BCUT2D eigenvalue weighted by molar-refractivity contribution is 0.0690. The second kappa shape index (κ2) is 3.35. The minimum atomic E-state index is -1.13. The lowest BCUT2D eigenvalue weighted by atomic mass is 10.2. The molecule has 1 aromatic heterocycles. The van der Waals surface area contributed by atoms with Crippen molar-refractivity contribution in [1.29, 1.82) is 0 Å². The van der Waals surface area contributed by atoms with Crippen LogP contribution in [-0.2, 0) is 4.74 Å². The molecule has 0 amide bonds. The van der Waals surface area contributed by atoms with Crippen LogP contribution >= 0.6 is 0 Å². The van der Waals surface area contributed by atoms with Gasteiger partial charge in [-0.05, 0) is 0 Å². The van der Waals surface area contributed by atoms with Crippen molar-refractivity contribution in [3.63, 3.8) is 0 Å². The Morgan fingerprint density at radius 2 is 2.43 bits per heavy atom. The predicted octanol–water partition coefficient (Wildman–Crippen LogP) is -1.09. The van der Waals surface area contributed by atoms with Gasteiger partial charge in [0.05, 0.1) is 19.4 Å². The van der Waals surface area contributed by atoms with Crippen LogP contribution in [0.2, 0.25) is 0 Å². The summed E-state index contributed by atoms with van der Waals surface area (Å²) in [6, 6.07) is -0.337. The van der Waals surface area contributed by atoms with Gasteiger partial charge in [-0.2, -0.15) is 0 Å². The van der Waals surface area contributed by atoms with E-state index in [1.54, 1.807) is 0 Å². The molecule has 1 aromatic rings. The maximum atomic E-state index is 10.5. The fourth-order valence-electron chi connectivity index (χ4n) is 1.32. The Kier molecular flexibility index (Phi) is 2.18. The van der Waals surface area contributed by atoms with Crippen LogP contribution in [0.4, 0.5) is 0 Å². The average Bonchev–Trinajstić information content (AvgIpc) is 2.71. The highest BCUT2D eigenvalue weighted by Gasteiger charge is 2.29. The van der Waals surface area contributed by atoms with E-state index in [1.807, 2.05) is 0 Å². The molecule has 1 aliphatic rings. The third-order valence-electron chi connectivity index (χ3n) is 2.09. The van der Waals surface area contributed by atoms with E-state index in [0.717, 1.165) is 0 Å². The molecule has 0 unspecified atom stereocenters. The second-order valence-corrected chi connectivity index (χ2v) is 3.06. The zero-order valence-electron chi connectivity index (χ0n) is 7.20. The monoisotopic (exact) mass is 199 g/mol. The van der Waals surface area contributed by atoms with Gasteiger partial charge >= 0.3 is 5.97 Å². The number of carboxylic acids is 1. The fourth-order valence-corrected chi connectivity index (χ4v) is 1.32. The number of aromatic nitrogens is 3. The van der Waals surface area contributed by atoms with Gasteiger partial charge in [0.25, 0.3) is 0 Å². The van der Waals surface area contributed by atoms with Crippen molar-refractivity contribution in [1.82, 2.24) is 15.0 Å². The first-order chi connectivity index (χ1) is 6.68. The predicted molar refractivity (Wildman–Crippen MR) is 42.8 cm³/mol. The first-order valence-corrected chi connectivity index (χ1v) is 4.09. The van der Waals surface area contributed by atoms with Crippen molar-refractivity contribution in [3.05, 3.63) is 11.9 Å². The summed E-state index contributed by atoms with van der Waals surface area (Å²) in [5.41, 5.74) is -0.135. The van der Waals surface area contributed by atoms with Gasteiger partial charge in [-0.1, -0.05) is 5.21 Å². The molecule has 1 fully saturated rings. The largest absolute Gasteiger partial charge is 0.476 e. The molecule has 2 atom stereocenters. The van der Waals surface area contributed by atoms with E-state index in [4.69, 9.17) is 9.84 Å². The van der Waals surface area contributed by atoms with Crippen molar-refractivity contribution in [2.75, 3.05) is 13.2 Å². The first kappa shape index (κ1) is 9.10. The van der Waals surface area contributed by atoms with Crippen molar-refractivity contribution in [2.24, 2.45) is 0 Å². The lowest BCUT2D eigenvalue weighted by Crippen LogP contribution is -2.22. The van der Waals surface area contributed by atoms with Crippen molar-refractivity contribution < 1.29 is 19.7 Å². The van der Waals surface area contributed by atoms with Gasteiger partial charge in [0.1, 0.15) is 12.1 Å². The summed E-state index contributed by atoms with van der Waals surface area (Å²) in [4.78, 5) is 10.5. The third-order valence-corrected chi connectivity index (χ3v) is 2.09. The summed E-state index contributed by atoms with van der Waals surface area (Å²) in [5.74, 6) is -1.13. The Bertz CT molecular complexity index is 350. The molecule has 76 valence electrons. The Morgan fingerprint density at radius 3 is 2.93 bits per heavy atom. The van der Waals surface area contributed by atoms with Gasteiger partial charge in [0.2, 0.25) is 0 Å². The molecule has 1 aliphatic heterocycles. The van der Waals surface area contributed by atoms with E-state index >= 15 is 0 Å². The number of aliphatic hydroxyl groups is 1. The smallest absolute Gasteiger partial charge is 0.358 e. The molecule has 0 spiro atoms. The molecule has 1 saturated heterocycles. The average molecular weight is 199 g/mol. The first-order valence-electron chi connectivity index (χ1n) is 4.09. The number of carboxylic acid groups (broad SMARTS) is 1. The number of hydrogen-bond donors (Lipinski definition) is 2. The number of carbonyl (C=O) groups is 1. The number of hydrogen-bond acceptors (Lipinski definition) is 5. The van der Waals surface area contributed by atoms with Crippen LogP contribution in [-0.4, -0.2) is 50.5 Å². The van der Waals surface area contributed by atoms with Crippen LogP contribution in [0.25, 0.3) is 0 Å². The van der Waals surface area contributed by atoms with Crippen molar-refractivity contribution in [2.45, 2.75) is 12.1 Å². The zero-order chi connectivity index (χ0) is 10.1. The summed E-state index contributed by atoms with van der Waals surface area (Å²) in [6.45, 7) is 0.566. The van der Waals surface area contributed by atoms with E-state index in [1.165, 1.54) is 10.9 Å². The minimum absolute atomic E-state index is 0.135. The fraction of sp³-hybridized carbons (Fsp3) is 0.571. The lowest BCUT2D eigenvalue weighted by Gasteiger charge is -2.10. The molecular formula is C7H9N3O4. The van der Waals surface area contributed by atoms with E-state index in [9.17, 15) is 9.90 Å². The molecule has 2 heterocycles. The summed E-state index contributed by atoms with van der Waals surface area (Å²) in [6.07, 6.45) is 0.628. The molecule has 14 heavy (non-hydrogen) atoms. The third kappa shape index (κ3) is 1.47. The molecule has 2 rings (SSSR count). The van der Waals surface area contributed by atoms with Crippen LogP contribution in [0.15, 0.2) is 6.20 Å². The van der Waals surface area contributed by atoms with Crippen LogP contribution in [0.3, 0.4) is 0 Å². The van der Waals surface area contributed by atoms with Gasteiger partial charge in [0.15, 0.2) is 5.69 Å². The highest BCUT2D eigenvalue weighted by atomic mass is 16.5. The van der Waals surface area contributed by atoms with Crippen LogP contribution in [0, 0.1) is 0 Å². The van der Waals surface area contributed by atoms with Gasteiger partial charge in [-0.15, -0.1) is 5.10 Å². The van der Waals surface area contributed by atoms with Crippen molar-refractivity contribution >= 4 is 5.97 Å². The minimum Gasteiger partial charge on any atom is -0.476 e. The number of nitrogens with zero attached hydrogens (tertiary/aromatic N) is 3.